The van der Waals surface area contributed by atoms with Crippen LogP contribution in [0.5, 0.6) is 0 Å². The minimum Gasteiger partial charge on any atom is -0.264 e. The van der Waals surface area contributed by atoms with E-state index in [2.05, 4.69) is 4.89 Å². The zero-order chi connectivity index (χ0) is 10.4. The predicted molar refractivity (Wildman–Crippen MR) is 50.4 cm³/mol. The summed E-state index contributed by atoms with van der Waals surface area (Å²) < 4.78 is 0. The van der Waals surface area contributed by atoms with E-state index < -0.39 is 6.04 Å². The van der Waals surface area contributed by atoms with Crippen molar-refractivity contribution >= 4 is 0 Å². The van der Waals surface area contributed by atoms with Crippen molar-refractivity contribution in [2.45, 2.75) is 25.3 Å². The van der Waals surface area contributed by atoms with Crippen molar-refractivity contribution in [1.29, 1.82) is 0 Å². The molecule has 0 amide bonds. The molecule has 0 radical (unpaired) electrons. The third-order valence-electron chi connectivity index (χ3n) is 2.18. The second-order valence-corrected chi connectivity index (χ2v) is 3.20. The lowest BCUT2D eigenvalue weighted by Crippen LogP contribution is -2.21. The summed E-state index contributed by atoms with van der Waals surface area (Å²) in [6, 6.07) is -0.463. The van der Waals surface area contributed by atoms with E-state index in [0.29, 0.717) is 12.8 Å². The van der Waals surface area contributed by atoms with Crippen LogP contribution in [0.15, 0.2) is 23.8 Å². The molecule has 0 aromatic carbocycles. The van der Waals surface area contributed by atoms with Gasteiger partial charge in [-0.05, 0) is 12.0 Å². The molecule has 1 rings (SSSR count). The number of rotatable bonds is 4. The van der Waals surface area contributed by atoms with Crippen LogP contribution in [-0.2, 0) is 4.89 Å². The first-order chi connectivity index (χ1) is 6.74. The van der Waals surface area contributed by atoms with Crippen molar-refractivity contribution in [2.24, 2.45) is 0 Å². The average Bonchev–Trinajstić information content (AvgIpc) is 2.19. The highest BCUT2D eigenvalue weighted by molar-refractivity contribution is 5.21. The first-order valence-electron chi connectivity index (χ1n) is 4.49. The fourth-order valence-electron chi connectivity index (χ4n) is 1.48. The number of nitrogens with zero attached hydrogens (tertiary/aromatic N) is 1. The summed E-state index contributed by atoms with van der Waals surface area (Å²) in [5.41, 5.74) is 0.940. The third kappa shape index (κ3) is 3.27. The van der Waals surface area contributed by atoms with Crippen molar-refractivity contribution in [1.82, 2.24) is 0 Å². The van der Waals surface area contributed by atoms with Gasteiger partial charge >= 0.3 is 0 Å². The zero-order valence-corrected chi connectivity index (χ0v) is 7.76. The normalized spacial score (nSPS) is 22.4. The standard InChI is InChI=1S/C9H13NO4/c11-10(12)9-5-1-3-8(7-9)4-2-6-14-13/h2-4,9,13H,1,5-7H2/b4-2+. The van der Waals surface area contributed by atoms with Crippen LogP contribution in [0, 0.1) is 10.1 Å². The molecule has 1 atom stereocenters. The Morgan fingerprint density at radius 1 is 1.79 bits per heavy atom. The third-order valence-corrected chi connectivity index (χ3v) is 2.18. The van der Waals surface area contributed by atoms with Crippen LogP contribution in [0.4, 0.5) is 0 Å². The van der Waals surface area contributed by atoms with Crippen molar-refractivity contribution in [3.8, 4) is 0 Å². The molecule has 1 aliphatic rings. The highest BCUT2D eigenvalue weighted by Gasteiger charge is 2.23. The van der Waals surface area contributed by atoms with E-state index in [1.54, 1.807) is 12.2 Å². The molecule has 0 fully saturated rings. The van der Waals surface area contributed by atoms with Crippen LogP contribution in [0.2, 0.25) is 0 Å². The van der Waals surface area contributed by atoms with Crippen LogP contribution >= 0.6 is 0 Å². The second kappa shape index (κ2) is 5.51. The second-order valence-electron chi connectivity index (χ2n) is 3.20. The first kappa shape index (κ1) is 10.9. The van der Waals surface area contributed by atoms with Gasteiger partial charge in [-0.2, -0.15) is 0 Å². The van der Waals surface area contributed by atoms with Gasteiger partial charge < -0.3 is 0 Å². The van der Waals surface area contributed by atoms with E-state index in [0.717, 1.165) is 12.0 Å². The first-order valence-corrected chi connectivity index (χ1v) is 4.49. The van der Waals surface area contributed by atoms with Gasteiger partial charge in [0.1, 0.15) is 6.61 Å². The van der Waals surface area contributed by atoms with Crippen LogP contribution in [0.1, 0.15) is 19.3 Å². The summed E-state index contributed by atoms with van der Waals surface area (Å²) in [5.74, 6) is 0. The number of hydrogen-bond donors (Lipinski definition) is 1. The van der Waals surface area contributed by atoms with Crippen LogP contribution in [0.25, 0.3) is 0 Å². The highest BCUT2D eigenvalue weighted by Crippen LogP contribution is 2.21. The molecule has 0 aliphatic heterocycles. The molecule has 1 N–H and O–H groups in total. The lowest BCUT2D eigenvalue weighted by Gasteiger charge is -2.13. The summed E-state index contributed by atoms with van der Waals surface area (Å²) in [4.78, 5) is 14.1. The molecular formula is C9H13NO4. The van der Waals surface area contributed by atoms with Gasteiger partial charge in [0.25, 0.3) is 0 Å². The van der Waals surface area contributed by atoms with Gasteiger partial charge in [0.2, 0.25) is 6.04 Å². The number of nitro groups is 1. The summed E-state index contributed by atoms with van der Waals surface area (Å²) in [7, 11) is 0. The molecule has 0 saturated heterocycles. The van der Waals surface area contributed by atoms with Gasteiger partial charge in [-0.25, -0.2) is 4.89 Å². The maximum Gasteiger partial charge on any atom is 0.217 e. The minimum absolute atomic E-state index is 0.112. The van der Waals surface area contributed by atoms with E-state index in [1.807, 2.05) is 6.08 Å². The summed E-state index contributed by atoms with van der Waals surface area (Å²) in [5, 5.41) is 18.6. The van der Waals surface area contributed by atoms with E-state index >= 15 is 0 Å². The molecule has 0 bridgehead atoms. The Morgan fingerprint density at radius 3 is 3.21 bits per heavy atom. The SMILES string of the molecule is O=[N+]([O-])C1CCC=C(/C=C/COO)C1. The molecule has 78 valence electrons. The molecule has 0 spiro atoms. The van der Waals surface area contributed by atoms with E-state index in [9.17, 15) is 10.1 Å². The van der Waals surface area contributed by atoms with E-state index in [1.165, 1.54) is 0 Å². The molecule has 0 aromatic rings. The maximum absolute atomic E-state index is 10.5. The van der Waals surface area contributed by atoms with E-state index in [4.69, 9.17) is 5.26 Å². The summed E-state index contributed by atoms with van der Waals surface area (Å²) >= 11 is 0. The zero-order valence-electron chi connectivity index (χ0n) is 7.76. The van der Waals surface area contributed by atoms with E-state index in [-0.39, 0.29) is 11.5 Å². The molecule has 5 nitrogen and oxygen atoms in total. The van der Waals surface area contributed by atoms with Crippen LogP contribution < -0.4 is 0 Å². The number of allylic oxidation sites excluding steroid dienone is 2. The predicted octanol–water partition coefficient (Wildman–Crippen LogP) is 1.79. The van der Waals surface area contributed by atoms with Gasteiger partial charge in [-0.3, -0.25) is 15.4 Å². The Kier molecular flexibility index (Phi) is 4.28. The monoisotopic (exact) mass is 199 g/mol. The van der Waals surface area contributed by atoms with Gasteiger partial charge in [0.15, 0.2) is 0 Å². The molecular weight excluding hydrogens is 186 g/mol. The lowest BCUT2D eigenvalue weighted by atomic mass is 9.95. The van der Waals surface area contributed by atoms with Crippen LogP contribution in [0.3, 0.4) is 0 Å². The molecule has 0 saturated carbocycles. The van der Waals surface area contributed by atoms with Crippen molar-refractivity contribution < 1.29 is 15.1 Å². The number of hydrogen-bond acceptors (Lipinski definition) is 4. The smallest absolute Gasteiger partial charge is 0.217 e. The fourth-order valence-corrected chi connectivity index (χ4v) is 1.48. The highest BCUT2D eigenvalue weighted by atomic mass is 17.1. The molecule has 5 heteroatoms. The lowest BCUT2D eigenvalue weighted by molar-refractivity contribution is -0.523. The quantitative estimate of drug-likeness (QED) is 0.425. The van der Waals surface area contributed by atoms with Gasteiger partial charge in [0, 0.05) is 17.8 Å². The van der Waals surface area contributed by atoms with Gasteiger partial charge in [-0.15, -0.1) is 0 Å². The fraction of sp³-hybridized carbons (Fsp3) is 0.556. The van der Waals surface area contributed by atoms with Crippen LogP contribution in [-0.4, -0.2) is 22.8 Å². The molecule has 0 aromatic heterocycles. The summed E-state index contributed by atoms with van der Waals surface area (Å²) in [6.07, 6.45) is 7.19. The largest absolute Gasteiger partial charge is 0.264 e. The van der Waals surface area contributed by atoms with Gasteiger partial charge in [-0.1, -0.05) is 18.2 Å². The maximum atomic E-state index is 10.5. The van der Waals surface area contributed by atoms with Crippen molar-refractivity contribution in [3.63, 3.8) is 0 Å². The van der Waals surface area contributed by atoms with Crippen molar-refractivity contribution in [2.75, 3.05) is 6.61 Å². The minimum atomic E-state index is -0.463. The van der Waals surface area contributed by atoms with Gasteiger partial charge in [0.05, 0.1) is 0 Å². The molecule has 1 aliphatic carbocycles. The topological polar surface area (TPSA) is 72.6 Å². The Labute approximate surface area is 81.8 Å². The Bertz CT molecular complexity index is 260. The Hall–Kier alpha value is -1.20. The van der Waals surface area contributed by atoms with Crippen molar-refractivity contribution in [3.05, 3.63) is 33.9 Å². The average molecular weight is 199 g/mol. The summed E-state index contributed by atoms with van der Waals surface area (Å²) in [6.45, 7) is 0.112. The Balaban J connectivity index is 2.47. The molecule has 1 unspecified atom stereocenters. The molecule has 0 heterocycles. The Morgan fingerprint density at radius 2 is 2.57 bits per heavy atom. The molecule has 14 heavy (non-hydrogen) atoms.